The van der Waals surface area contributed by atoms with Gasteiger partial charge in [0.1, 0.15) is 5.76 Å². The minimum atomic E-state index is -0.0117. The molecule has 0 saturated carbocycles. The molecule has 2 aromatic rings. The molecule has 0 aliphatic rings. The number of carbonyl (C=O) groups excluding carboxylic acids is 1. The molecule has 1 aromatic heterocycles. The minimum Gasteiger partial charge on any atom is -0.467 e. The quantitative estimate of drug-likeness (QED) is 0.780. The summed E-state index contributed by atoms with van der Waals surface area (Å²) in [6, 6.07) is 11.0. The maximum Gasteiger partial charge on any atom is 0.161 e. The molecule has 0 unspecified atom stereocenters. The first-order chi connectivity index (χ1) is 9.65. The van der Waals surface area contributed by atoms with Crippen molar-refractivity contribution in [2.45, 2.75) is 20.4 Å². The molecule has 0 N–H and O–H groups in total. The molecule has 0 fully saturated rings. The van der Waals surface area contributed by atoms with E-state index < -0.39 is 0 Å². The Balaban J connectivity index is 2.41. The number of hydrogen-bond donors (Lipinski definition) is 0. The molecule has 0 atom stereocenters. The van der Waals surface area contributed by atoms with Gasteiger partial charge in [-0.15, -0.1) is 0 Å². The molecule has 0 amide bonds. The lowest BCUT2D eigenvalue weighted by Crippen LogP contribution is -2.23. The third kappa shape index (κ3) is 2.89. The van der Waals surface area contributed by atoms with Crippen LogP contribution in [0.3, 0.4) is 0 Å². The van der Waals surface area contributed by atoms with Crippen LogP contribution in [-0.2, 0) is 6.54 Å². The summed E-state index contributed by atoms with van der Waals surface area (Å²) < 4.78 is 5.35. The number of anilines is 1. The maximum atomic E-state index is 11.8. The Morgan fingerprint density at radius 2 is 2.20 bits per heavy atom. The zero-order valence-corrected chi connectivity index (χ0v) is 11.6. The summed E-state index contributed by atoms with van der Waals surface area (Å²) in [5.74, 6) is 0.811. The Labute approximate surface area is 118 Å². The van der Waals surface area contributed by atoms with Crippen molar-refractivity contribution in [3.8, 4) is 6.07 Å². The lowest BCUT2D eigenvalue weighted by atomic mass is 10.1. The molecule has 20 heavy (non-hydrogen) atoms. The Bertz CT molecular complexity index is 639. The summed E-state index contributed by atoms with van der Waals surface area (Å²) >= 11 is 0. The van der Waals surface area contributed by atoms with Gasteiger partial charge in [-0.25, -0.2) is 0 Å². The van der Waals surface area contributed by atoms with Crippen LogP contribution in [-0.4, -0.2) is 12.3 Å². The molecule has 2 rings (SSSR count). The fourth-order valence-electron chi connectivity index (χ4n) is 2.12. The third-order valence-corrected chi connectivity index (χ3v) is 3.16. The lowest BCUT2D eigenvalue weighted by Gasteiger charge is -2.24. The molecule has 0 bridgehead atoms. The van der Waals surface area contributed by atoms with E-state index in [0.29, 0.717) is 17.7 Å². The SMILES string of the molecule is CCN(Cc1ccco1)c1cc(C#N)ccc1C(C)=O. The highest BCUT2D eigenvalue weighted by atomic mass is 16.3. The first kappa shape index (κ1) is 13.9. The van der Waals surface area contributed by atoms with Gasteiger partial charge in [-0.1, -0.05) is 0 Å². The number of furan rings is 1. The maximum absolute atomic E-state index is 11.8. The zero-order valence-electron chi connectivity index (χ0n) is 11.6. The number of nitrogens with zero attached hydrogens (tertiary/aromatic N) is 2. The van der Waals surface area contributed by atoms with Crippen LogP contribution in [0.15, 0.2) is 41.0 Å². The van der Waals surface area contributed by atoms with Crippen LogP contribution in [0.2, 0.25) is 0 Å². The number of benzene rings is 1. The minimum absolute atomic E-state index is 0.0117. The van der Waals surface area contributed by atoms with E-state index in [1.165, 1.54) is 6.92 Å². The second-order valence-corrected chi connectivity index (χ2v) is 4.49. The van der Waals surface area contributed by atoms with Crippen LogP contribution >= 0.6 is 0 Å². The molecular formula is C16H16N2O2. The lowest BCUT2D eigenvalue weighted by molar-refractivity contribution is 0.101. The standard InChI is InChI=1S/C16H16N2O2/c1-3-18(11-14-5-4-8-20-14)16-9-13(10-17)6-7-15(16)12(2)19/h4-9H,3,11H2,1-2H3. The van der Waals surface area contributed by atoms with Crippen LogP contribution < -0.4 is 4.90 Å². The van der Waals surface area contributed by atoms with E-state index in [4.69, 9.17) is 9.68 Å². The molecule has 102 valence electrons. The van der Waals surface area contributed by atoms with E-state index in [9.17, 15) is 4.79 Å². The smallest absolute Gasteiger partial charge is 0.161 e. The Morgan fingerprint density at radius 3 is 2.75 bits per heavy atom. The van der Waals surface area contributed by atoms with Crippen molar-refractivity contribution in [3.63, 3.8) is 0 Å². The van der Waals surface area contributed by atoms with Gasteiger partial charge in [-0.2, -0.15) is 5.26 Å². The van der Waals surface area contributed by atoms with Crippen molar-refractivity contribution in [2.24, 2.45) is 0 Å². The Morgan fingerprint density at radius 1 is 1.40 bits per heavy atom. The summed E-state index contributed by atoms with van der Waals surface area (Å²) in [6.45, 7) is 4.83. The van der Waals surface area contributed by atoms with Gasteiger partial charge in [0.15, 0.2) is 5.78 Å². The number of ketones is 1. The predicted molar refractivity (Wildman–Crippen MR) is 76.6 cm³/mol. The zero-order chi connectivity index (χ0) is 14.5. The molecular weight excluding hydrogens is 252 g/mol. The van der Waals surface area contributed by atoms with E-state index in [1.807, 2.05) is 24.0 Å². The summed E-state index contributed by atoms with van der Waals surface area (Å²) in [7, 11) is 0. The average molecular weight is 268 g/mol. The normalized spacial score (nSPS) is 10.1. The summed E-state index contributed by atoms with van der Waals surface area (Å²) in [6.07, 6.45) is 1.63. The highest BCUT2D eigenvalue weighted by molar-refractivity contribution is 6.00. The van der Waals surface area contributed by atoms with E-state index in [1.54, 1.807) is 24.5 Å². The van der Waals surface area contributed by atoms with Crippen LogP contribution in [0.25, 0.3) is 0 Å². The van der Waals surface area contributed by atoms with Gasteiger partial charge in [0.05, 0.1) is 24.4 Å². The van der Waals surface area contributed by atoms with E-state index in [2.05, 4.69) is 6.07 Å². The second-order valence-electron chi connectivity index (χ2n) is 4.49. The van der Waals surface area contributed by atoms with E-state index in [0.717, 1.165) is 18.0 Å². The van der Waals surface area contributed by atoms with Crippen LogP contribution in [0.4, 0.5) is 5.69 Å². The molecule has 0 aliphatic heterocycles. The van der Waals surface area contributed by atoms with Crippen molar-refractivity contribution in [1.82, 2.24) is 0 Å². The second kappa shape index (κ2) is 6.07. The van der Waals surface area contributed by atoms with Gasteiger partial charge < -0.3 is 9.32 Å². The highest BCUT2D eigenvalue weighted by Crippen LogP contribution is 2.24. The number of carbonyl (C=O) groups is 1. The van der Waals surface area contributed by atoms with Crippen molar-refractivity contribution in [3.05, 3.63) is 53.5 Å². The van der Waals surface area contributed by atoms with Crippen molar-refractivity contribution in [2.75, 3.05) is 11.4 Å². The first-order valence-corrected chi connectivity index (χ1v) is 6.48. The summed E-state index contributed by atoms with van der Waals surface area (Å²) in [5.41, 5.74) is 1.94. The molecule has 1 aromatic carbocycles. The van der Waals surface area contributed by atoms with Gasteiger partial charge >= 0.3 is 0 Å². The Kier molecular flexibility index (Phi) is 4.21. The monoisotopic (exact) mass is 268 g/mol. The van der Waals surface area contributed by atoms with Gasteiger partial charge in [-0.3, -0.25) is 4.79 Å². The highest BCUT2D eigenvalue weighted by Gasteiger charge is 2.15. The largest absolute Gasteiger partial charge is 0.467 e. The van der Waals surface area contributed by atoms with Crippen molar-refractivity contribution in [1.29, 1.82) is 5.26 Å². The number of hydrogen-bond acceptors (Lipinski definition) is 4. The number of rotatable bonds is 5. The molecule has 0 radical (unpaired) electrons. The average Bonchev–Trinajstić information content (AvgIpc) is 2.97. The van der Waals surface area contributed by atoms with Crippen molar-refractivity contribution < 1.29 is 9.21 Å². The van der Waals surface area contributed by atoms with Crippen molar-refractivity contribution >= 4 is 11.5 Å². The first-order valence-electron chi connectivity index (χ1n) is 6.48. The van der Waals surface area contributed by atoms with Crippen LogP contribution in [0.5, 0.6) is 0 Å². The van der Waals surface area contributed by atoms with Crippen LogP contribution in [0.1, 0.15) is 35.5 Å². The fraction of sp³-hybridized carbons (Fsp3) is 0.250. The topological polar surface area (TPSA) is 57.2 Å². The van der Waals surface area contributed by atoms with E-state index >= 15 is 0 Å². The molecule has 1 heterocycles. The fourth-order valence-corrected chi connectivity index (χ4v) is 2.12. The molecule has 4 nitrogen and oxygen atoms in total. The molecule has 0 aliphatic carbocycles. The number of Topliss-reactive ketones (excluding diaryl/α,β-unsaturated/α-hetero) is 1. The van der Waals surface area contributed by atoms with Gasteiger partial charge in [0.2, 0.25) is 0 Å². The predicted octanol–water partition coefficient (Wildman–Crippen LogP) is 3.38. The third-order valence-electron chi connectivity index (χ3n) is 3.16. The van der Waals surface area contributed by atoms with Gasteiger partial charge in [-0.05, 0) is 44.2 Å². The molecule has 0 saturated heterocycles. The molecule has 0 spiro atoms. The number of nitriles is 1. The van der Waals surface area contributed by atoms with Gasteiger partial charge in [0, 0.05) is 17.8 Å². The summed E-state index contributed by atoms with van der Waals surface area (Å²) in [4.78, 5) is 13.8. The van der Waals surface area contributed by atoms with Gasteiger partial charge in [0.25, 0.3) is 0 Å². The van der Waals surface area contributed by atoms with Crippen LogP contribution in [0, 0.1) is 11.3 Å². The molecule has 4 heteroatoms. The van der Waals surface area contributed by atoms with E-state index in [-0.39, 0.29) is 5.78 Å². The summed E-state index contributed by atoms with van der Waals surface area (Å²) in [5, 5.41) is 9.03. The Hall–Kier alpha value is -2.54.